The Bertz CT molecular complexity index is 1350. The van der Waals surface area contributed by atoms with Crippen molar-refractivity contribution in [2.45, 2.75) is 20.4 Å². The third kappa shape index (κ3) is 3.40. The summed E-state index contributed by atoms with van der Waals surface area (Å²) in [6.07, 6.45) is 1.26. The standard InChI is InChI=1S/C21H19N5O3/c1-13(2)11-25-20(28)15-8-4-3-7-14(15)18(23-25)19(27)24-26-12-22-17-10-6-5-9-16(17)21(26)29/h3-10,12-13H,11H2,1-2H3,(H,24,27). The summed E-state index contributed by atoms with van der Waals surface area (Å²) in [5.74, 6) is -0.428. The molecule has 0 aliphatic carbocycles. The maximum atomic E-state index is 13.0. The lowest BCUT2D eigenvalue weighted by molar-refractivity contribution is 0.100. The van der Waals surface area contributed by atoms with Crippen LogP contribution in [0.2, 0.25) is 0 Å². The zero-order valence-electron chi connectivity index (χ0n) is 16.0. The van der Waals surface area contributed by atoms with Crippen molar-refractivity contribution >= 4 is 27.6 Å². The van der Waals surface area contributed by atoms with Gasteiger partial charge >= 0.3 is 0 Å². The minimum Gasteiger partial charge on any atom is -0.267 e. The van der Waals surface area contributed by atoms with Crippen LogP contribution < -0.4 is 16.5 Å². The molecule has 2 heterocycles. The van der Waals surface area contributed by atoms with Crippen molar-refractivity contribution in [3.05, 3.63) is 81.3 Å². The van der Waals surface area contributed by atoms with Gasteiger partial charge < -0.3 is 0 Å². The molecule has 4 rings (SSSR count). The van der Waals surface area contributed by atoms with Crippen LogP contribution in [0.3, 0.4) is 0 Å². The van der Waals surface area contributed by atoms with Gasteiger partial charge in [-0.15, -0.1) is 0 Å². The van der Waals surface area contributed by atoms with Gasteiger partial charge in [0.05, 0.1) is 16.3 Å². The van der Waals surface area contributed by atoms with Crippen LogP contribution in [0, 0.1) is 5.92 Å². The summed E-state index contributed by atoms with van der Waals surface area (Å²) in [5.41, 5.74) is 2.49. The Morgan fingerprint density at radius 2 is 1.62 bits per heavy atom. The summed E-state index contributed by atoms with van der Waals surface area (Å²) in [7, 11) is 0. The third-order valence-corrected chi connectivity index (χ3v) is 4.51. The topological polar surface area (TPSA) is 98.9 Å². The minimum absolute atomic E-state index is 0.0703. The highest BCUT2D eigenvalue weighted by atomic mass is 16.2. The van der Waals surface area contributed by atoms with E-state index in [4.69, 9.17) is 0 Å². The van der Waals surface area contributed by atoms with Crippen LogP contribution in [0.25, 0.3) is 21.7 Å². The Labute approximate surface area is 165 Å². The number of fused-ring (bicyclic) bond motifs is 2. The molecule has 0 atom stereocenters. The van der Waals surface area contributed by atoms with Crippen LogP contribution in [0.1, 0.15) is 24.3 Å². The number of rotatable bonds is 4. The van der Waals surface area contributed by atoms with Crippen LogP contribution >= 0.6 is 0 Å². The van der Waals surface area contributed by atoms with Gasteiger partial charge in [-0.2, -0.15) is 5.10 Å². The lowest BCUT2D eigenvalue weighted by atomic mass is 10.1. The number of nitrogens with zero attached hydrogens (tertiary/aromatic N) is 4. The zero-order valence-corrected chi connectivity index (χ0v) is 16.0. The monoisotopic (exact) mass is 389 g/mol. The Kier molecular flexibility index (Phi) is 4.67. The van der Waals surface area contributed by atoms with Gasteiger partial charge in [0.25, 0.3) is 17.0 Å². The van der Waals surface area contributed by atoms with Crippen LogP contribution in [0.5, 0.6) is 0 Å². The number of hydrogen-bond donors (Lipinski definition) is 1. The highest BCUT2D eigenvalue weighted by Crippen LogP contribution is 2.14. The smallest absolute Gasteiger partial charge is 0.267 e. The largest absolute Gasteiger partial charge is 0.291 e. The van der Waals surface area contributed by atoms with Crippen molar-refractivity contribution < 1.29 is 4.79 Å². The van der Waals surface area contributed by atoms with Crippen molar-refractivity contribution in [3.63, 3.8) is 0 Å². The molecule has 0 unspecified atom stereocenters. The fraction of sp³-hybridized carbons (Fsp3) is 0.190. The fourth-order valence-corrected chi connectivity index (χ4v) is 3.18. The van der Waals surface area contributed by atoms with Gasteiger partial charge in [-0.05, 0) is 24.1 Å². The second-order valence-electron chi connectivity index (χ2n) is 7.15. The first kappa shape index (κ1) is 18.5. The molecule has 4 aromatic rings. The Balaban J connectivity index is 1.81. The number of hydrogen-bond acceptors (Lipinski definition) is 5. The molecule has 0 saturated heterocycles. The van der Waals surface area contributed by atoms with Gasteiger partial charge in [-0.25, -0.2) is 14.3 Å². The molecular weight excluding hydrogens is 370 g/mol. The summed E-state index contributed by atoms with van der Waals surface area (Å²) in [5, 5.41) is 5.50. The van der Waals surface area contributed by atoms with E-state index in [1.165, 1.54) is 11.0 Å². The highest BCUT2D eigenvalue weighted by Gasteiger charge is 2.18. The van der Waals surface area contributed by atoms with Gasteiger partial charge in [0.15, 0.2) is 5.69 Å². The van der Waals surface area contributed by atoms with Crippen molar-refractivity contribution in [2.24, 2.45) is 5.92 Å². The van der Waals surface area contributed by atoms with Crippen LogP contribution in [0.4, 0.5) is 0 Å². The first-order valence-corrected chi connectivity index (χ1v) is 9.23. The number of para-hydroxylation sites is 1. The van der Waals surface area contributed by atoms with Gasteiger partial charge in [-0.3, -0.25) is 19.8 Å². The Morgan fingerprint density at radius 1 is 0.966 bits per heavy atom. The first-order valence-electron chi connectivity index (χ1n) is 9.23. The molecule has 0 aliphatic heterocycles. The van der Waals surface area contributed by atoms with Crippen molar-refractivity contribution in [1.29, 1.82) is 0 Å². The summed E-state index contributed by atoms with van der Waals surface area (Å²) >= 11 is 0. The minimum atomic E-state index is -0.599. The average molecular weight is 389 g/mol. The second-order valence-corrected chi connectivity index (χ2v) is 7.15. The summed E-state index contributed by atoms with van der Waals surface area (Å²) in [6, 6.07) is 13.7. The van der Waals surface area contributed by atoms with Gasteiger partial charge in [0.1, 0.15) is 6.33 Å². The number of nitrogens with one attached hydrogen (secondary N) is 1. The Morgan fingerprint density at radius 3 is 2.34 bits per heavy atom. The SMILES string of the molecule is CC(C)Cn1nc(C(=O)Nn2cnc3ccccc3c2=O)c2ccccc2c1=O. The zero-order chi connectivity index (χ0) is 20.5. The first-order chi connectivity index (χ1) is 14.0. The second kappa shape index (κ2) is 7.31. The molecule has 0 aliphatic rings. The maximum absolute atomic E-state index is 13.0. The molecule has 2 aromatic carbocycles. The number of amides is 1. The molecule has 0 radical (unpaired) electrons. The lowest BCUT2D eigenvalue weighted by Gasteiger charge is -2.13. The molecule has 1 N–H and O–H groups in total. The predicted octanol–water partition coefficient (Wildman–Crippen LogP) is 2.15. The van der Waals surface area contributed by atoms with E-state index in [0.29, 0.717) is 28.2 Å². The number of carbonyl (C=O) groups excluding carboxylic acids is 1. The van der Waals surface area contributed by atoms with Crippen molar-refractivity contribution in [2.75, 3.05) is 5.43 Å². The molecule has 0 saturated carbocycles. The number of carbonyl (C=O) groups is 1. The van der Waals surface area contributed by atoms with E-state index in [-0.39, 0.29) is 17.2 Å². The quantitative estimate of drug-likeness (QED) is 0.577. The van der Waals surface area contributed by atoms with Crippen LogP contribution in [-0.4, -0.2) is 25.3 Å². The number of aromatic nitrogens is 4. The molecule has 8 nitrogen and oxygen atoms in total. The van der Waals surface area contributed by atoms with E-state index in [9.17, 15) is 14.4 Å². The molecular formula is C21H19N5O3. The third-order valence-electron chi connectivity index (χ3n) is 4.51. The molecule has 0 spiro atoms. The van der Waals surface area contributed by atoms with Crippen molar-refractivity contribution in [1.82, 2.24) is 19.4 Å². The molecule has 1 amide bonds. The molecule has 2 aromatic heterocycles. The van der Waals surface area contributed by atoms with Crippen molar-refractivity contribution in [3.8, 4) is 0 Å². The van der Waals surface area contributed by atoms with E-state index >= 15 is 0 Å². The average Bonchev–Trinajstić information content (AvgIpc) is 2.72. The summed E-state index contributed by atoms with van der Waals surface area (Å²) in [4.78, 5) is 42.5. The molecule has 0 fully saturated rings. The maximum Gasteiger partial charge on any atom is 0.291 e. The molecule has 29 heavy (non-hydrogen) atoms. The van der Waals surface area contributed by atoms with E-state index in [1.807, 2.05) is 13.8 Å². The fourth-order valence-electron chi connectivity index (χ4n) is 3.18. The Hall–Kier alpha value is -3.81. The van der Waals surface area contributed by atoms with E-state index in [1.54, 1.807) is 48.5 Å². The van der Waals surface area contributed by atoms with Gasteiger partial charge in [0, 0.05) is 11.9 Å². The molecule has 8 heteroatoms. The highest BCUT2D eigenvalue weighted by molar-refractivity contribution is 6.08. The summed E-state index contributed by atoms with van der Waals surface area (Å²) in [6.45, 7) is 4.30. The van der Waals surface area contributed by atoms with Gasteiger partial charge in [0.2, 0.25) is 0 Å². The molecule has 0 bridgehead atoms. The van der Waals surface area contributed by atoms with Crippen LogP contribution in [-0.2, 0) is 6.54 Å². The van der Waals surface area contributed by atoms with E-state index in [0.717, 1.165) is 4.68 Å². The summed E-state index contributed by atoms with van der Waals surface area (Å²) < 4.78 is 2.32. The predicted molar refractivity (Wildman–Crippen MR) is 111 cm³/mol. The molecule has 146 valence electrons. The van der Waals surface area contributed by atoms with Gasteiger partial charge in [-0.1, -0.05) is 44.2 Å². The van der Waals surface area contributed by atoms with Crippen LogP contribution in [0.15, 0.2) is 64.4 Å². The van der Waals surface area contributed by atoms with E-state index < -0.39 is 11.5 Å². The lowest BCUT2D eigenvalue weighted by Crippen LogP contribution is -2.35. The normalized spacial score (nSPS) is 11.3. The number of benzene rings is 2. The van der Waals surface area contributed by atoms with E-state index in [2.05, 4.69) is 15.5 Å².